The van der Waals surface area contributed by atoms with Gasteiger partial charge in [0.15, 0.2) is 0 Å². The van der Waals surface area contributed by atoms with Gasteiger partial charge in [0, 0.05) is 37.4 Å². The van der Waals surface area contributed by atoms with Crippen LogP contribution in [-0.4, -0.2) is 47.6 Å². The van der Waals surface area contributed by atoms with E-state index in [1.54, 1.807) is 0 Å². The number of amides is 2. The van der Waals surface area contributed by atoms with E-state index in [2.05, 4.69) is 25.2 Å². The molecule has 1 N–H and O–H groups in total. The fourth-order valence-corrected chi connectivity index (χ4v) is 5.38. The van der Waals surface area contributed by atoms with Crippen molar-refractivity contribution >= 4 is 11.8 Å². The quantitative estimate of drug-likeness (QED) is 0.824. The molecule has 1 aromatic rings. The molecule has 2 fully saturated rings. The van der Waals surface area contributed by atoms with Crippen LogP contribution in [-0.2, 0) is 14.3 Å². The second-order valence-corrected chi connectivity index (χ2v) is 9.94. The van der Waals surface area contributed by atoms with Crippen LogP contribution in [0.1, 0.15) is 59.1 Å². The first-order valence-corrected chi connectivity index (χ1v) is 11.2. The number of carbonyl (C=O) groups is 2. The van der Waals surface area contributed by atoms with Crippen LogP contribution in [0.15, 0.2) is 24.3 Å². The van der Waals surface area contributed by atoms with E-state index in [0.717, 1.165) is 24.2 Å². The molecule has 5 atom stereocenters. The molecule has 164 valence electrons. The zero-order chi connectivity index (χ0) is 21.6. The van der Waals surface area contributed by atoms with Crippen molar-refractivity contribution < 1.29 is 19.1 Å². The molecule has 4 rings (SSSR count). The number of piperidine rings is 1. The molecule has 0 saturated carbocycles. The molecule has 0 aliphatic carbocycles. The molecule has 0 radical (unpaired) electrons. The molecule has 2 amide bonds. The Balaban J connectivity index is 1.51. The highest BCUT2D eigenvalue weighted by Crippen LogP contribution is 2.52. The van der Waals surface area contributed by atoms with Crippen LogP contribution >= 0.6 is 0 Å². The number of ether oxygens (including phenoxy) is 2. The molecule has 2 saturated heterocycles. The van der Waals surface area contributed by atoms with Gasteiger partial charge >= 0.3 is 0 Å². The zero-order valence-electron chi connectivity index (χ0n) is 18.7. The number of carbonyl (C=O) groups excluding carboxylic acids is 2. The molecular weight excluding hydrogens is 380 g/mol. The average Bonchev–Trinajstić information content (AvgIpc) is 2.69. The van der Waals surface area contributed by atoms with Crippen LogP contribution in [0.5, 0.6) is 5.75 Å². The fraction of sp³-hybridized carbons (Fsp3) is 0.667. The Kier molecular flexibility index (Phi) is 5.56. The molecule has 3 aliphatic heterocycles. The predicted molar refractivity (Wildman–Crippen MR) is 114 cm³/mol. The van der Waals surface area contributed by atoms with Gasteiger partial charge in [-0.2, -0.15) is 0 Å². The summed E-state index contributed by atoms with van der Waals surface area (Å²) in [5.74, 6) is 1.34. The summed E-state index contributed by atoms with van der Waals surface area (Å²) in [7, 11) is 0. The van der Waals surface area contributed by atoms with Crippen molar-refractivity contribution in [3.8, 4) is 5.75 Å². The van der Waals surface area contributed by atoms with Gasteiger partial charge in [-0.25, -0.2) is 0 Å². The molecule has 3 heterocycles. The van der Waals surface area contributed by atoms with E-state index in [1.807, 2.05) is 36.9 Å². The standard InChI is InChI=1S/C24H34N2O4/c1-14(2)21(25-15(3)27)23(28)26-11-10-19-16(13-26)12-18-22(29-19)17-8-6-7-9-20(17)30-24(18,4)5/h6-9,14,16,18-19,21-22H,10-13H2,1-5H3,(H,25,27)/t16-,18+,19+,21+,22-/m1/s1. The number of para-hydroxylation sites is 1. The van der Waals surface area contributed by atoms with Crippen LogP contribution in [0, 0.1) is 17.8 Å². The van der Waals surface area contributed by atoms with Gasteiger partial charge < -0.3 is 19.7 Å². The highest BCUT2D eigenvalue weighted by atomic mass is 16.5. The molecule has 6 heteroatoms. The first-order chi connectivity index (χ1) is 14.2. The van der Waals surface area contributed by atoms with Gasteiger partial charge in [-0.15, -0.1) is 0 Å². The smallest absolute Gasteiger partial charge is 0.245 e. The van der Waals surface area contributed by atoms with Gasteiger partial charge in [-0.05, 0) is 38.7 Å². The van der Waals surface area contributed by atoms with E-state index in [4.69, 9.17) is 9.47 Å². The average molecular weight is 415 g/mol. The number of hydrogen-bond donors (Lipinski definition) is 1. The summed E-state index contributed by atoms with van der Waals surface area (Å²) in [5, 5.41) is 2.84. The second-order valence-electron chi connectivity index (χ2n) is 9.94. The van der Waals surface area contributed by atoms with Gasteiger partial charge in [-0.3, -0.25) is 9.59 Å². The summed E-state index contributed by atoms with van der Waals surface area (Å²) in [6.07, 6.45) is 1.98. The summed E-state index contributed by atoms with van der Waals surface area (Å²) in [6.45, 7) is 11.0. The Morgan fingerprint density at radius 2 is 1.97 bits per heavy atom. The number of benzene rings is 1. The Bertz CT molecular complexity index is 821. The minimum atomic E-state index is -0.474. The van der Waals surface area contributed by atoms with Crippen molar-refractivity contribution in [3.63, 3.8) is 0 Å². The summed E-state index contributed by atoms with van der Waals surface area (Å²) >= 11 is 0. The largest absolute Gasteiger partial charge is 0.487 e. The normalized spacial score (nSPS) is 30.4. The van der Waals surface area contributed by atoms with Gasteiger partial charge in [0.05, 0.1) is 12.2 Å². The Morgan fingerprint density at radius 3 is 2.67 bits per heavy atom. The lowest BCUT2D eigenvalue weighted by atomic mass is 9.70. The van der Waals surface area contributed by atoms with Crippen molar-refractivity contribution in [2.45, 2.75) is 71.3 Å². The van der Waals surface area contributed by atoms with Gasteiger partial charge in [0.25, 0.3) is 0 Å². The van der Waals surface area contributed by atoms with Crippen molar-refractivity contribution in [2.24, 2.45) is 17.8 Å². The maximum atomic E-state index is 13.2. The molecule has 0 unspecified atom stereocenters. The van der Waals surface area contributed by atoms with Crippen LogP contribution < -0.4 is 10.1 Å². The number of likely N-dealkylation sites (tertiary alicyclic amines) is 1. The zero-order valence-corrected chi connectivity index (χ0v) is 18.7. The molecule has 1 aromatic carbocycles. The first kappa shape index (κ1) is 21.2. The molecule has 0 aromatic heterocycles. The van der Waals surface area contributed by atoms with E-state index in [9.17, 15) is 9.59 Å². The van der Waals surface area contributed by atoms with E-state index < -0.39 is 6.04 Å². The predicted octanol–water partition coefficient (Wildman–Crippen LogP) is 3.31. The highest BCUT2D eigenvalue weighted by Gasteiger charge is 2.51. The minimum Gasteiger partial charge on any atom is -0.487 e. The number of rotatable bonds is 3. The Labute approximate surface area is 179 Å². The fourth-order valence-electron chi connectivity index (χ4n) is 5.38. The van der Waals surface area contributed by atoms with Gasteiger partial charge in [-0.1, -0.05) is 32.0 Å². The van der Waals surface area contributed by atoms with E-state index in [1.165, 1.54) is 6.92 Å². The molecule has 6 nitrogen and oxygen atoms in total. The highest BCUT2D eigenvalue weighted by molar-refractivity contribution is 5.87. The van der Waals surface area contributed by atoms with E-state index >= 15 is 0 Å². The maximum absolute atomic E-state index is 13.2. The summed E-state index contributed by atoms with van der Waals surface area (Å²) in [4.78, 5) is 26.7. The lowest BCUT2D eigenvalue weighted by Crippen LogP contribution is -2.58. The molecule has 3 aliphatic rings. The SMILES string of the molecule is CC(=O)N[C@H](C(=O)N1CC[C@@H]2O[C@@H]3c4ccccc4OC(C)(C)[C@H]3C[C@@H]2C1)C(C)C. The number of fused-ring (bicyclic) bond motifs is 4. The summed E-state index contributed by atoms with van der Waals surface area (Å²) in [6, 6.07) is 7.71. The van der Waals surface area contributed by atoms with Crippen molar-refractivity contribution in [2.75, 3.05) is 13.1 Å². The maximum Gasteiger partial charge on any atom is 0.245 e. The van der Waals surface area contributed by atoms with E-state index in [-0.39, 0.29) is 47.4 Å². The Morgan fingerprint density at radius 1 is 1.23 bits per heavy atom. The molecular formula is C24H34N2O4. The topological polar surface area (TPSA) is 67.9 Å². The van der Waals surface area contributed by atoms with Crippen LogP contribution in [0.3, 0.4) is 0 Å². The van der Waals surface area contributed by atoms with Crippen LogP contribution in [0.25, 0.3) is 0 Å². The molecule has 0 spiro atoms. The summed E-state index contributed by atoms with van der Waals surface area (Å²) in [5.41, 5.74) is 0.816. The third-order valence-electron chi connectivity index (χ3n) is 7.00. The minimum absolute atomic E-state index is 0.0188. The van der Waals surface area contributed by atoms with Gasteiger partial charge in [0.2, 0.25) is 11.8 Å². The first-order valence-electron chi connectivity index (χ1n) is 11.2. The van der Waals surface area contributed by atoms with Crippen LogP contribution in [0.2, 0.25) is 0 Å². The number of nitrogens with one attached hydrogen (secondary N) is 1. The van der Waals surface area contributed by atoms with Crippen molar-refractivity contribution in [1.82, 2.24) is 10.2 Å². The third kappa shape index (κ3) is 3.82. The monoisotopic (exact) mass is 414 g/mol. The van der Waals surface area contributed by atoms with Crippen LogP contribution in [0.4, 0.5) is 0 Å². The van der Waals surface area contributed by atoms with E-state index in [0.29, 0.717) is 13.1 Å². The molecule has 30 heavy (non-hydrogen) atoms. The lowest BCUT2D eigenvalue weighted by Gasteiger charge is -2.53. The number of nitrogens with zero attached hydrogens (tertiary/aromatic N) is 1. The lowest BCUT2D eigenvalue weighted by molar-refractivity contribution is -0.189. The second kappa shape index (κ2) is 7.88. The summed E-state index contributed by atoms with van der Waals surface area (Å²) < 4.78 is 13.0. The third-order valence-corrected chi connectivity index (χ3v) is 7.00. The molecule has 0 bridgehead atoms. The van der Waals surface area contributed by atoms with Gasteiger partial charge in [0.1, 0.15) is 17.4 Å². The van der Waals surface area contributed by atoms with Crippen molar-refractivity contribution in [1.29, 1.82) is 0 Å². The Hall–Kier alpha value is -2.08. The number of hydrogen-bond acceptors (Lipinski definition) is 4. The van der Waals surface area contributed by atoms with Crippen molar-refractivity contribution in [3.05, 3.63) is 29.8 Å².